The Morgan fingerprint density at radius 3 is 2.35 bits per heavy atom. The molecule has 0 aliphatic rings. The summed E-state index contributed by atoms with van der Waals surface area (Å²) in [7, 11) is 1.40. The minimum absolute atomic E-state index is 0.243. The number of ether oxygens (including phenoxy) is 2. The van der Waals surface area contributed by atoms with Crippen LogP contribution in [0.1, 0.15) is 37.8 Å². The van der Waals surface area contributed by atoms with Crippen LogP contribution < -0.4 is 5.73 Å². The second-order valence-electron chi connectivity index (χ2n) is 5.08. The zero-order valence-corrected chi connectivity index (χ0v) is 12.6. The Kier molecular flexibility index (Phi) is 6.68. The maximum atomic E-state index is 11.4. The van der Waals surface area contributed by atoms with Crippen LogP contribution in [0.3, 0.4) is 0 Å². The van der Waals surface area contributed by atoms with Gasteiger partial charge in [-0.1, -0.05) is 38.1 Å². The van der Waals surface area contributed by atoms with Gasteiger partial charge in [0.15, 0.2) is 0 Å². The number of benzene rings is 1. The van der Waals surface area contributed by atoms with Gasteiger partial charge < -0.3 is 15.2 Å². The van der Waals surface area contributed by atoms with Crippen LogP contribution in [0.4, 0.5) is 0 Å². The summed E-state index contributed by atoms with van der Waals surface area (Å²) in [4.78, 5) is 11.4. The Hall–Kier alpha value is -1.39. The van der Waals surface area contributed by atoms with Crippen LogP contribution in [0, 0.1) is 0 Å². The number of carbonyl (C=O) groups excluding carboxylic acids is 1. The Labute approximate surface area is 121 Å². The molecule has 0 fully saturated rings. The summed E-state index contributed by atoms with van der Waals surface area (Å²) >= 11 is 0. The lowest BCUT2D eigenvalue weighted by atomic mass is 9.95. The van der Waals surface area contributed by atoms with Crippen LogP contribution in [0.25, 0.3) is 0 Å². The second kappa shape index (κ2) is 8.02. The molecule has 0 aromatic heterocycles. The molecule has 0 saturated carbocycles. The molecule has 112 valence electrons. The fourth-order valence-corrected chi connectivity index (χ4v) is 1.92. The van der Waals surface area contributed by atoms with E-state index in [-0.39, 0.29) is 17.9 Å². The van der Waals surface area contributed by atoms with Crippen LogP contribution in [0.2, 0.25) is 0 Å². The number of carbonyl (C=O) groups is 1. The van der Waals surface area contributed by atoms with Crippen LogP contribution >= 0.6 is 0 Å². The molecular weight excluding hydrogens is 254 g/mol. The highest BCUT2D eigenvalue weighted by atomic mass is 16.5. The third-order valence-corrected chi connectivity index (χ3v) is 3.74. The van der Waals surface area contributed by atoms with Crippen LogP contribution in [-0.4, -0.2) is 25.2 Å². The molecule has 0 atom stereocenters. The molecule has 4 heteroatoms. The smallest absolute Gasteiger partial charge is 0.309 e. The first-order valence-electron chi connectivity index (χ1n) is 7.05. The highest BCUT2D eigenvalue weighted by Crippen LogP contribution is 2.15. The molecule has 0 radical (unpaired) electrons. The lowest BCUT2D eigenvalue weighted by Gasteiger charge is -2.26. The number of hydrogen-bond acceptors (Lipinski definition) is 4. The van der Waals surface area contributed by atoms with Crippen molar-refractivity contribution in [2.24, 2.45) is 5.73 Å². The molecule has 0 saturated heterocycles. The Morgan fingerprint density at radius 1 is 1.20 bits per heavy atom. The standard InChI is InChI=1S/C16H25NO3/c1-4-16(17,5-2)12-20-11-14-9-7-6-8-13(14)10-15(18)19-3/h6-9H,4-5,10-12,17H2,1-3H3. The van der Waals surface area contributed by atoms with E-state index in [0.717, 1.165) is 24.0 Å². The minimum atomic E-state index is -0.267. The quantitative estimate of drug-likeness (QED) is 0.742. The van der Waals surface area contributed by atoms with E-state index in [4.69, 9.17) is 15.2 Å². The van der Waals surface area contributed by atoms with Crippen molar-refractivity contribution in [3.8, 4) is 0 Å². The minimum Gasteiger partial charge on any atom is -0.469 e. The van der Waals surface area contributed by atoms with Gasteiger partial charge in [-0.3, -0.25) is 4.79 Å². The summed E-state index contributed by atoms with van der Waals surface area (Å²) < 4.78 is 10.4. The summed E-state index contributed by atoms with van der Waals surface area (Å²) in [5.41, 5.74) is 7.88. The van der Waals surface area contributed by atoms with E-state index in [1.807, 2.05) is 24.3 Å². The van der Waals surface area contributed by atoms with Crippen LogP contribution in [0.5, 0.6) is 0 Å². The first-order valence-corrected chi connectivity index (χ1v) is 7.05. The molecule has 0 heterocycles. The first-order chi connectivity index (χ1) is 9.54. The largest absolute Gasteiger partial charge is 0.469 e. The first kappa shape index (κ1) is 16.7. The highest BCUT2D eigenvalue weighted by molar-refractivity contribution is 5.72. The second-order valence-corrected chi connectivity index (χ2v) is 5.08. The maximum Gasteiger partial charge on any atom is 0.309 e. The average molecular weight is 279 g/mol. The summed E-state index contributed by atoms with van der Waals surface area (Å²) in [5.74, 6) is -0.243. The van der Waals surface area contributed by atoms with E-state index < -0.39 is 0 Å². The zero-order chi connectivity index (χ0) is 15.0. The molecule has 0 bridgehead atoms. The normalized spacial score (nSPS) is 11.4. The van der Waals surface area contributed by atoms with Gasteiger partial charge in [-0.15, -0.1) is 0 Å². The fourth-order valence-electron chi connectivity index (χ4n) is 1.92. The number of methoxy groups -OCH3 is 1. The van der Waals surface area contributed by atoms with E-state index in [1.165, 1.54) is 7.11 Å². The summed E-state index contributed by atoms with van der Waals surface area (Å²) in [5, 5.41) is 0. The van der Waals surface area contributed by atoms with E-state index in [9.17, 15) is 4.79 Å². The lowest BCUT2D eigenvalue weighted by molar-refractivity contribution is -0.139. The van der Waals surface area contributed by atoms with Gasteiger partial charge in [0.05, 0.1) is 26.7 Å². The molecule has 20 heavy (non-hydrogen) atoms. The van der Waals surface area contributed by atoms with Gasteiger partial charge >= 0.3 is 5.97 Å². The highest BCUT2D eigenvalue weighted by Gasteiger charge is 2.20. The van der Waals surface area contributed by atoms with Crippen molar-refractivity contribution in [2.45, 2.75) is 45.3 Å². The van der Waals surface area contributed by atoms with Crippen molar-refractivity contribution >= 4 is 5.97 Å². The van der Waals surface area contributed by atoms with E-state index >= 15 is 0 Å². The van der Waals surface area contributed by atoms with Crippen molar-refractivity contribution < 1.29 is 14.3 Å². The molecular formula is C16H25NO3. The average Bonchev–Trinajstić information content (AvgIpc) is 2.48. The molecule has 1 aromatic carbocycles. The molecule has 2 N–H and O–H groups in total. The molecule has 0 amide bonds. The van der Waals surface area contributed by atoms with Crippen LogP contribution in [0.15, 0.2) is 24.3 Å². The van der Waals surface area contributed by atoms with Gasteiger partial charge in [0, 0.05) is 5.54 Å². The van der Waals surface area contributed by atoms with Gasteiger partial charge in [-0.25, -0.2) is 0 Å². The predicted molar refractivity (Wildman–Crippen MR) is 79.3 cm³/mol. The maximum absolute atomic E-state index is 11.4. The lowest BCUT2D eigenvalue weighted by Crippen LogP contribution is -2.43. The van der Waals surface area contributed by atoms with Crippen molar-refractivity contribution in [1.82, 2.24) is 0 Å². The Morgan fingerprint density at radius 2 is 1.80 bits per heavy atom. The molecule has 1 aromatic rings. The molecule has 4 nitrogen and oxygen atoms in total. The predicted octanol–water partition coefficient (Wildman–Crippen LogP) is 2.44. The Balaban J connectivity index is 2.62. The molecule has 0 spiro atoms. The van der Waals surface area contributed by atoms with Crippen LogP contribution in [-0.2, 0) is 27.3 Å². The van der Waals surface area contributed by atoms with E-state index in [0.29, 0.717) is 13.2 Å². The third-order valence-electron chi connectivity index (χ3n) is 3.74. The fraction of sp³-hybridized carbons (Fsp3) is 0.562. The van der Waals surface area contributed by atoms with E-state index in [2.05, 4.69) is 13.8 Å². The number of esters is 1. The summed E-state index contributed by atoms with van der Waals surface area (Å²) in [6.07, 6.45) is 2.03. The zero-order valence-electron chi connectivity index (χ0n) is 12.6. The van der Waals surface area contributed by atoms with Crippen molar-refractivity contribution in [3.63, 3.8) is 0 Å². The van der Waals surface area contributed by atoms with Gasteiger partial charge in [0.25, 0.3) is 0 Å². The van der Waals surface area contributed by atoms with E-state index in [1.54, 1.807) is 0 Å². The molecule has 0 aliphatic carbocycles. The van der Waals surface area contributed by atoms with Crippen molar-refractivity contribution in [3.05, 3.63) is 35.4 Å². The Bertz CT molecular complexity index is 427. The summed E-state index contributed by atoms with van der Waals surface area (Å²) in [6.45, 7) is 5.12. The van der Waals surface area contributed by atoms with Crippen molar-refractivity contribution in [2.75, 3.05) is 13.7 Å². The van der Waals surface area contributed by atoms with Gasteiger partial charge in [-0.05, 0) is 24.0 Å². The number of rotatable bonds is 8. The monoisotopic (exact) mass is 279 g/mol. The molecule has 0 unspecified atom stereocenters. The van der Waals surface area contributed by atoms with Gasteiger partial charge in [0.1, 0.15) is 0 Å². The van der Waals surface area contributed by atoms with Gasteiger partial charge in [0.2, 0.25) is 0 Å². The van der Waals surface area contributed by atoms with Gasteiger partial charge in [-0.2, -0.15) is 0 Å². The molecule has 1 rings (SSSR count). The number of nitrogens with two attached hydrogens (primary N) is 1. The third kappa shape index (κ3) is 4.94. The summed E-state index contributed by atoms with van der Waals surface area (Å²) in [6, 6.07) is 7.74. The SMILES string of the molecule is CCC(N)(CC)COCc1ccccc1CC(=O)OC. The number of hydrogen-bond donors (Lipinski definition) is 1. The van der Waals surface area contributed by atoms with Crippen molar-refractivity contribution in [1.29, 1.82) is 0 Å². The topological polar surface area (TPSA) is 61.5 Å². The molecule has 0 aliphatic heterocycles.